The van der Waals surface area contributed by atoms with E-state index in [-0.39, 0.29) is 12.6 Å². The van der Waals surface area contributed by atoms with E-state index in [1.54, 1.807) is 12.5 Å². The molecule has 4 heteroatoms. The first-order valence-electron chi connectivity index (χ1n) is 5.05. The van der Waals surface area contributed by atoms with Crippen LogP contribution in [-0.2, 0) is 6.54 Å². The molecule has 1 heterocycles. The van der Waals surface area contributed by atoms with Gasteiger partial charge in [-0.25, -0.2) is 4.98 Å². The summed E-state index contributed by atoms with van der Waals surface area (Å²) < 4.78 is 2.02. The van der Waals surface area contributed by atoms with Crippen LogP contribution < -0.4 is 5.73 Å². The van der Waals surface area contributed by atoms with E-state index in [0.29, 0.717) is 5.92 Å². The van der Waals surface area contributed by atoms with Crippen molar-refractivity contribution < 1.29 is 5.11 Å². The van der Waals surface area contributed by atoms with E-state index < -0.39 is 0 Å². The van der Waals surface area contributed by atoms with E-state index >= 15 is 0 Å². The van der Waals surface area contributed by atoms with Crippen molar-refractivity contribution in [1.29, 1.82) is 0 Å². The Labute approximate surface area is 84.8 Å². The first kappa shape index (κ1) is 11.2. The van der Waals surface area contributed by atoms with Crippen molar-refractivity contribution in [2.45, 2.75) is 32.9 Å². The molecule has 1 aromatic rings. The highest BCUT2D eigenvalue weighted by molar-refractivity contribution is 5.04. The standard InChI is InChI=1S/C10H19N3O/c1-3-8(2)5-13-7-12-4-10(13)9(11)6-14/h4,7-9,14H,3,5-6,11H2,1-2H3. The van der Waals surface area contributed by atoms with Gasteiger partial charge in [0.05, 0.1) is 24.7 Å². The third kappa shape index (κ3) is 2.56. The molecule has 0 saturated carbocycles. The summed E-state index contributed by atoms with van der Waals surface area (Å²) in [5.41, 5.74) is 6.66. The van der Waals surface area contributed by atoms with Gasteiger partial charge in [-0.15, -0.1) is 0 Å². The summed E-state index contributed by atoms with van der Waals surface area (Å²) in [5, 5.41) is 8.96. The lowest BCUT2D eigenvalue weighted by atomic mass is 10.1. The van der Waals surface area contributed by atoms with Crippen LogP contribution in [-0.4, -0.2) is 21.3 Å². The fourth-order valence-corrected chi connectivity index (χ4v) is 1.35. The van der Waals surface area contributed by atoms with Crippen LogP contribution >= 0.6 is 0 Å². The number of aliphatic hydroxyl groups excluding tert-OH is 1. The maximum absolute atomic E-state index is 8.96. The number of aliphatic hydroxyl groups is 1. The maximum Gasteiger partial charge on any atom is 0.0948 e. The Balaban J connectivity index is 2.72. The van der Waals surface area contributed by atoms with E-state index in [0.717, 1.165) is 18.7 Å². The maximum atomic E-state index is 8.96. The molecule has 14 heavy (non-hydrogen) atoms. The van der Waals surface area contributed by atoms with Gasteiger partial charge < -0.3 is 15.4 Å². The lowest BCUT2D eigenvalue weighted by Gasteiger charge is -2.15. The van der Waals surface area contributed by atoms with Crippen molar-refractivity contribution in [2.24, 2.45) is 11.7 Å². The molecule has 4 nitrogen and oxygen atoms in total. The lowest BCUT2D eigenvalue weighted by Crippen LogP contribution is -2.20. The Morgan fingerprint density at radius 2 is 2.36 bits per heavy atom. The Morgan fingerprint density at radius 3 is 2.93 bits per heavy atom. The number of rotatable bonds is 5. The molecule has 0 radical (unpaired) electrons. The number of aromatic nitrogens is 2. The third-order valence-corrected chi connectivity index (χ3v) is 2.53. The zero-order chi connectivity index (χ0) is 10.6. The quantitative estimate of drug-likeness (QED) is 0.737. The number of nitrogens with two attached hydrogens (primary N) is 1. The minimum Gasteiger partial charge on any atom is -0.394 e. The van der Waals surface area contributed by atoms with Gasteiger partial charge in [-0.3, -0.25) is 0 Å². The zero-order valence-corrected chi connectivity index (χ0v) is 8.85. The van der Waals surface area contributed by atoms with Gasteiger partial charge in [0.1, 0.15) is 0 Å². The fourth-order valence-electron chi connectivity index (χ4n) is 1.35. The van der Waals surface area contributed by atoms with Crippen LogP contribution in [0.25, 0.3) is 0 Å². The van der Waals surface area contributed by atoms with E-state index in [9.17, 15) is 0 Å². The first-order chi connectivity index (χ1) is 6.69. The molecule has 1 rings (SSSR count). The van der Waals surface area contributed by atoms with E-state index in [1.165, 1.54) is 0 Å². The van der Waals surface area contributed by atoms with Crippen molar-refractivity contribution in [2.75, 3.05) is 6.61 Å². The molecule has 1 aromatic heterocycles. The van der Waals surface area contributed by atoms with Crippen LogP contribution in [0, 0.1) is 5.92 Å². The molecule has 0 saturated heterocycles. The van der Waals surface area contributed by atoms with Crippen LogP contribution in [0.4, 0.5) is 0 Å². The molecule has 0 bridgehead atoms. The highest BCUT2D eigenvalue weighted by Crippen LogP contribution is 2.12. The highest BCUT2D eigenvalue weighted by atomic mass is 16.3. The van der Waals surface area contributed by atoms with E-state index in [1.807, 2.05) is 4.57 Å². The third-order valence-electron chi connectivity index (χ3n) is 2.53. The average molecular weight is 197 g/mol. The fraction of sp³-hybridized carbons (Fsp3) is 0.700. The molecule has 0 aliphatic heterocycles. The Hall–Kier alpha value is -0.870. The smallest absolute Gasteiger partial charge is 0.0948 e. The molecule has 0 aliphatic carbocycles. The molecular weight excluding hydrogens is 178 g/mol. The van der Waals surface area contributed by atoms with Gasteiger partial charge in [-0.1, -0.05) is 20.3 Å². The molecule has 80 valence electrons. The summed E-state index contributed by atoms with van der Waals surface area (Å²) in [7, 11) is 0. The largest absolute Gasteiger partial charge is 0.394 e. The molecule has 0 aliphatic rings. The van der Waals surface area contributed by atoms with Gasteiger partial charge in [0, 0.05) is 12.7 Å². The summed E-state index contributed by atoms with van der Waals surface area (Å²) in [4.78, 5) is 4.05. The van der Waals surface area contributed by atoms with Crippen LogP contribution in [0.3, 0.4) is 0 Å². The molecule has 2 unspecified atom stereocenters. The summed E-state index contributed by atoms with van der Waals surface area (Å²) in [5.74, 6) is 0.605. The Bertz CT molecular complexity index is 272. The highest BCUT2D eigenvalue weighted by Gasteiger charge is 2.11. The van der Waals surface area contributed by atoms with Crippen molar-refractivity contribution in [3.8, 4) is 0 Å². The minimum absolute atomic E-state index is 0.0355. The van der Waals surface area contributed by atoms with Crippen molar-refractivity contribution in [3.05, 3.63) is 18.2 Å². The van der Waals surface area contributed by atoms with Gasteiger partial charge in [-0.2, -0.15) is 0 Å². The number of hydrogen-bond acceptors (Lipinski definition) is 3. The lowest BCUT2D eigenvalue weighted by molar-refractivity contribution is 0.261. The number of hydrogen-bond donors (Lipinski definition) is 2. The van der Waals surface area contributed by atoms with Crippen molar-refractivity contribution >= 4 is 0 Å². The summed E-state index contributed by atoms with van der Waals surface area (Å²) in [6, 6.07) is -0.318. The topological polar surface area (TPSA) is 64.1 Å². The summed E-state index contributed by atoms with van der Waals surface area (Å²) >= 11 is 0. The second-order valence-corrected chi connectivity index (χ2v) is 3.77. The molecule has 0 aromatic carbocycles. The van der Waals surface area contributed by atoms with Gasteiger partial charge in [-0.05, 0) is 5.92 Å². The molecular formula is C10H19N3O. The molecule has 2 atom stereocenters. The van der Waals surface area contributed by atoms with Crippen molar-refractivity contribution in [3.63, 3.8) is 0 Å². The Kier molecular flexibility index (Phi) is 4.10. The second-order valence-electron chi connectivity index (χ2n) is 3.77. The summed E-state index contributed by atoms with van der Waals surface area (Å²) in [6.45, 7) is 5.23. The molecule has 0 spiro atoms. The first-order valence-corrected chi connectivity index (χ1v) is 5.05. The van der Waals surface area contributed by atoms with Crippen LogP contribution in [0.1, 0.15) is 32.0 Å². The number of nitrogens with zero attached hydrogens (tertiary/aromatic N) is 2. The minimum atomic E-state index is -0.318. The predicted molar refractivity (Wildman–Crippen MR) is 55.7 cm³/mol. The van der Waals surface area contributed by atoms with Crippen molar-refractivity contribution in [1.82, 2.24) is 9.55 Å². The SMILES string of the molecule is CCC(C)Cn1cncc1C(N)CO. The molecule has 0 amide bonds. The van der Waals surface area contributed by atoms with Crippen LogP contribution in [0.2, 0.25) is 0 Å². The van der Waals surface area contributed by atoms with Gasteiger partial charge in [0.25, 0.3) is 0 Å². The predicted octanol–water partition coefficient (Wildman–Crippen LogP) is 0.921. The second kappa shape index (κ2) is 5.12. The van der Waals surface area contributed by atoms with Crippen LogP contribution in [0.5, 0.6) is 0 Å². The van der Waals surface area contributed by atoms with Gasteiger partial charge in [0.15, 0.2) is 0 Å². The average Bonchev–Trinajstić information content (AvgIpc) is 2.64. The zero-order valence-electron chi connectivity index (χ0n) is 8.85. The van der Waals surface area contributed by atoms with E-state index in [4.69, 9.17) is 10.8 Å². The van der Waals surface area contributed by atoms with E-state index in [2.05, 4.69) is 18.8 Å². The molecule has 0 fully saturated rings. The van der Waals surface area contributed by atoms with Gasteiger partial charge >= 0.3 is 0 Å². The normalized spacial score (nSPS) is 15.4. The summed E-state index contributed by atoms with van der Waals surface area (Å²) in [6.07, 6.45) is 4.63. The monoisotopic (exact) mass is 197 g/mol. The van der Waals surface area contributed by atoms with Gasteiger partial charge in [0.2, 0.25) is 0 Å². The number of imidazole rings is 1. The Morgan fingerprint density at radius 1 is 1.64 bits per heavy atom. The molecule has 3 N–H and O–H groups in total. The van der Waals surface area contributed by atoms with Crippen LogP contribution in [0.15, 0.2) is 12.5 Å².